The van der Waals surface area contributed by atoms with Gasteiger partial charge < -0.3 is 30.5 Å². The van der Waals surface area contributed by atoms with E-state index in [4.69, 9.17) is 9.47 Å². The second kappa shape index (κ2) is 18.5. The van der Waals surface area contributed by atoms with Gasteiger partial charge in [-0.2, -0.15) is 0 Å². The van der Waals surface area contributed by atoms with Crippen LogP contribution in [-0.4, -0.2) is 72.1 Å². The number of hydrogen-bond donors (Lipinski definition) is 5. The van der Waals surface area contributed by atoms with E-state index in [0.29, 0.717) is 19.8 Å². The predicted molar refractivity (Wildman–Crippen MR) is 187 cm³/mol. The molecule has 12 nitrogen and oxygen atoms in total. The summed E-state index contributed by atoms with van der Waals surface area (Å²) < 4.78 is 11.9. The van der Waals surface area contributed by atoms with Crippen LogP contribution in [0.25, 0.3) is 10.8 Å². The number of hydrogen-bond acceptors (Lipinski definition) is 8. The zero-order chi connectivity index (χ0) is 35.2. The minimum Gasteiger partial charge on any atom is -0.508 e. The van der Waals surface area contributed by atoms with E-state index in [-0.39, 0.29) is 24.6 Å². The molecule has 12 heteroatoms. The van der Waals surface area contributed by atoms with Crippen LogP contribution < -0.4 is 21.4 Å². The number of phenolic OH excluding ortho intramolecular Hbond substituents is 1. The smallest absolute Gasteiger partial charge is 0.329 e. The number of fused-ring (bicyclic) bond motifs is 1. The summed E-state index contributed by atoms with van der Waals surface area (Å²) in [6.07, 6.45) is 3.01. The maximum atomic E-state index is 14.2. The van der Waals surface area contributed by atoms with Gasteiger partial charge in [0.05, 0.1) is 12.6 Å². The number of likely N-dealkylation sites (N-methyl/N-ethyl adjacent to an activating group) is 1. The predicted octanol–water partition coefficient (Wildman–Crippen LogP) is 4.21. The Labute approximate surface area is 287 Å². The van der Waals surface area contributed by atoms with Gasteiger partial charge in [-0.3, -0.25) is 20.0 Å². The van der Waals surface area contributed by atoms with Crippen molar-refractivity contribution in [2.75, 3.05) is 26.8 Å². The molecule has 0 bridgehead atoms. The Morgan fingerprint density at radius 2 is 1.59 bits per heavy atom. The van der Waals surface area contributed by atoms with Crippen molar-refractivity contribution in [2.24, 2.45) is 5.92 Å². The Hall–Kier alpha value is -5.04. The molecule has 4 aromatic rings. The van der Waals surface area contributed by atoms with Gasteiger partial charge in [-0.25, -0.2) is 9.80 Å². The van der Waals surface area contributed by atoms with Crippen LogP contribution in [0.15, 0.2) is 91.3 Å². The topological polar surface area (TPSA) is 154 Å². The summed E-state index contributed by atoms with van der Waals surface area (Å²) in [5.74, 6) is -1.15. The number of ether oxygens (including phenoxy) is 2. The van der Waals surface area contributed by atoms with Crippen LogP contribution in [0.4, 0.5) is 4.79 Å². The number of benzene rings is 3. The van der Waals surface area contributed by atoms with E-state index in [0.717, 1.165) is 27.5 Å². The molecule has 4 amide bonds. The number of aromatic nitrogens is 1. The third-order valence-electron chi connectivity index (χ3n) is 7.96. The summed E-state index contributed by atoms with van der Waals surface area (Å²) >= 11 is 0. The summed E-state index contributed by atoms with van der Waals surface area (Å²) in [5.41, 5.74) is 5.14. The van der Waals surface area contributed by atoms with E-state index in [1.807, 2.05) is 75.4 Å². The van der Waals surface area contributed by atoms with Crippen LogP contribution >= 0.6 is 0 Å². The summed E-state index contributed by atoms with van der Waals surface area (Å²) in [4.78, 5) is 44.3. The Morgan fingerprint density at radius 3 is 2.29 bits per heavy atom. The number of nitrogens with zero attached hydrogens (tertiary/aromatic N) is 2. The average Bonchev–Trinajstić information content (AvgIpc) is 3.10. The number of pyridine rings is 1. The van der Waals surface area contributed by atoms with Gasteiger partial charge in [0.2, 0.25) is 11.8 Å². The van der Waals surface area contributed by atoms with Gasteiger partial charge in [0.25, 0.3) is 0 Å². The van der Waals surface area contributed by atoms with Crippen molar-refractivity contribution in [1.29, 1.82) is 0 Å². The standard InChI is InChI=1S/C37H46N6O6/c1-5-48-36(49-6-2)25(3)34(31-14-10-13-28-23-38-20-19-30(28)31)41-35(46)32(21-26-15-17-29(44)18-16-26)40-33(45)24-43(4)42-37(47)39-22-27-11-8-7-9-12-27/h7-20,23,25,32,34,36,44H,5-6,21-22,24H2,1-4H3,(H,40,45)(H,41,46)(H2,39,42,47)/t25-,32?,34-/m0/s1. The summed E-state index contributed by atoms with van der Waals surface area (Å²) in [6.45, 7) is 6.67. The number of carbonyl (C=O) groups excluding carboxylic acids is 3. The minimum atomic E-state index is -0.999. The molecule has 0 spiro atoms. The Bertz CT molecular complexity index is 1640. The molecule has 0 fully saturated rings. The van der Waals surface area contributed by atoms with Crippen molar-refractivity contribution in [3.8, 4) is 5.75 Å². The lowest BCUT2D eigenvalue weighted by Gasteiger charge is -2.33. The SMILES string of the molecule is CCOC(OCC)[C@@H](C)[C@H](NC(=O)C(Cc1ccc(O)cc1)NC(=O)CN(C)NC(=O)NCc1ccccc1)c1cccc2cnccc12. The van der Waals surface area contributed by atoms with Gasteiger partial charge in [-0.15, -0.1) is 0 Å². The van der Waals surface area contributed by atoms with Crippen LogP contribution in [-0.2, 0) is 32.0 Å². The lowest BCUT2D eigenvalue weighted by Crippen LogP contribution is -2.54. The van der Waals surface area contributed by atoms with Gasteiger partial charge in [0.15, 0.2) is 6.29 Å². The summed E-state index contributed by atoms with van der Waals surface area (Å²) in [6, 6.07) is 21.6. The number of phenols is 1. The molecule has 1 aromatic heterocycles. The average molecular weight is 671 g/mol. The number of amides is 4. The van der Waals surface area contributed by atoms with Crippen molar-refractivity contribution in [3.05, 3.63) is 108 Å². The highest BCUT2D eigenvalue weighted by Crippen LogP contribution is 2.32. The summed E-state index contributed by atoms with van der Waals surface area (Å²) in [5, 5.41) is 21.8. The van der Waals surface area contributed by atoms with E-state index >= 15 is 0 Å². The van der Waals surface area contributed by atoms with Crippen LogP contribution in [0.3, 0.4) is 0 Å². The normalized spacial score (nSPS) is 13.1. The van der Waals surface area contributed by atoms with Crippen LogP contribution in [0, 0.1) is 5.92 Å². The second-order valence-corrected chi connectivity index (χ2v) is 11.7. The lowest BCUT2D eigenvalue weighted by molar-refractivity contribution is -0.170. The molecule has 3 atom stereocenters. The molecule has 0 aliphatic heterocycles. The molecule has 0 saturated heterocycles. The molecule has 260 valence electrons. The van der Waals surface area contributed by atoms with Gasteiger partial charge in [0, 0.05) is 56.9 Å². The van der Waals surface area contributed by atoms with Crippen molar-refractivity contribution in [2.45, 2.75) is 52.1 Å². The minimum absolute atomic E-state index is 0.0873. The molecule has 1 heterocycles. The molecule has 1 unspecified atom stereocenters. The third-order valence-corrected chi connectivity index (χ3v) is 7.96. The van der Waals surface area contributed by atoms with Crippen molar-refractivity contribution in [3.63, 3.8) is 0 Å². The van der Waals surface area contributed by atoms with Gasteiger partial charge in [-0.05, 0) is 54.1 Å². The third kappa shape index (κ3) is 11.0. The molecule has 0 aliphatic carbocycles. The van der Waals surface area contributed by atoms with Gasteiger partial charge in [-0.1, -0.05) is 67.6 Å². The van der Waals surface area contributed by atoms with Crippen molar-refractivity contribution >= 4 is 28.6 Å². The lowest BCUT2D eigenvalue weighted by atomic mass is 9.90. The molecule has 0 saturated carbocycles. The zero-order valence-corrected chi connectivity index (χ0v) is 28.4. The highest BCUT2D eigenvalue weighted by atomic mass is 16.7. The molecule has 0 aliphatic rings. The van der Waals surface area contributed by atoms with E-state index in [2.05, 4.69) is 26.4 Å². The van der Waals surface area contributed by atoms with Gasteiger partial charge >= 0.3 is 6.03 Å². The highest BCUT2D eigenvalue weighted by Gasteiger charge is 2.33. The number of carbonyl (C=O) groups is 3. The van der Waals surface area contributed by atoms with E-state index in [9.17, 15) is 19.5 Å². The van der Waals surface area contributed by atoms with Gasteiger partial charge in [0.1, 0.15) is 11.8 Å². The zero-order valence-electron chi connectivity index (χ0n) is 28.4. The van der Waals surface area contributed by atoms with Crippen molar-refractivity contribution in [1.82, 2.24) is 31.4 Å². The first-order valence-electron chi connectivity index (χ1n) is 16.4. The van der Waals surface area contributed by atoms with Crippen LogP contribution in [0.5, 0.6) is 5.75 Å². The fraction of sp³-hybridized carbons (Fsp3) is 0.351. The summed E-state index contributed by atoms with van der Waals surface area (Å²) in [7, 11) is 1.56. The molecular formula is C37H46N6O6. The first-order valence-corrected chi connectivity index (χ1v) is 16.4. The first kappa shape index (κ1) is 36.8. The van der Waals surface area contributed by atoms with E-state index in [1.165, 1.54) is 17.1 Å². The number of rotatable bonds is 17. The molecule has 3 aromatic carbocycles. The van der Waals surface area contributed by atoms with Crippen LogP contribution in [0.2, 0.25) is 0 Å². The second-order valence-electron chi connectivity index (χ2n) is 11.7. The maximum Gasteiger partial charge on any atom is 0.329 e. The highest BCUT2D eigenvalue weighted by molar-refractivity contribution is 5.90. The number of urea groups is 1. The Balaban J connectivity index is 1.54. The van der Waals surface area contributed by atoms with E-state index < -0.39 is 36.2 Å². The maximum absolute atomic E-state index is 14.2. The quantitative estimate of drug-likeness (QED) is 0.0828. The Kier molecular flexibility index (Phi) is 13.9. The molecule has 49 heavy (non-hydrogen) atoms. The number of nitrogens with one attached hydrogen (secondary N) is 4. The monoisotopic (exact) mass is 670 g/mol. The first-order chi connectivity index (χ1) is 23.7. The Morgan fingerprint density at radius 1 is 0.878 bits per heavy atom. The molecule has 5 N–H and O–H groups in total. The van der Waals surface area contributed by atoms with E-state index in [1.54, 1.807) is 31.6 Å². The van der Waals surface area contributed by atoms with Crippen molar-refractivity contribution < 1.29 is 29.0 Å². The number of hydrazine groups is 1. The molecular weight excluding hydrogens is 624 g/mol. The molecule has 4 rings (SSSR count). The number of aromatic hydroxyl groups is 1. The largest absolute Gasteiger partial charge is 0.508 e. The fourth-order valence-corrected chi connectivity index (χ4v) is 5.57. The van der Waals surface area contributed by atoms with Crippen LogP contribution in [0.1, 0.15) is 43.5 Å². The fourth-order valence-electron chi connectivity index (χ4n) is 5.57. The molecule has 0 radical (unpaired) electrons.